The average molecular weight is 229 g/mol. The van der Waals surface area contributed by atoms with Crippen molar-refractivity contribution in [2.24, 2.45) is 0 Å². The van der Waals surface area contributed by atoms with Gasteiger partial charge >= 0.3 is 0 Å². The number of Topliss-reactive ketones (excluding diaryl/α,β-unsaturated/α-hetero) is 1. The number of carbonyl (C=O) groups is 1. The van der Waals surface area contributed by atoms with Gasteiger partial charge in [-0.1, -0.05) is 31.2 Å². The fraction of sp³-hybridized carbons (Fsp3) is 0.286. The summed E-state index contributed by atoms with van der Waals surface area (Å²) in [4.78, 5) is 16.1. The van der Waals surface area contributed by atoms with Crippen molar-refractivity contribution >= 4 is 16.6 Å². The number of hydrogen-bond donors (Lipinski definition) is 0. The van der Waals surface area contributed by atoms with E-state index < -0.39 is 0 Å². The Balaban J connectivity index is 2.26. The van der Waals surface area contributed by atoms with Gasteiger partial charge in [0.25, 0.3) is 0 Å². The van der Waals surface area contributed by atoms with Crippen LogP contribution in [0, 0.1) is 0 Å². The highest BCUT2D eigenvalue weighted by Gasteiger charge is 2.10. The van der Waals surface area contributed by atoms with Crippen molar-refractivity contribution in [3.05, 3.63) is 42.2 Å². The summed E-state index contributed by atoms with van der Waals surface area (Å²) in [6.45, 7) is 2.76. The molecule has 0 bridgehead atoms. The zero-order chi connectivity index (χ0) is 12.1. The van der Waals surface area contributed by atoms with Crippen LogP contribution < -0.4 is 0 Å². The molecule has 0 N–H and O–H groups in total. The van der Waals surface area contributed by atoms with Gasteiger partial charge in [0.2, 0.25) is 0 Å². The Labute approximate surface area is 100 Å². The summed E-state index contributed by atoms with van der Waals surface area (Å²) in [5, 5.41) is 1.92. The number of fused-ring (bicyclic) bond motifs is 1. The number of ketones is 1. The maximum absolute atomic E-state index is 12.0. The van der Waals surface area contributed by atoms with Crippen LogP contribution in [0.15, 0.2) is 36.7 Å². The summed E-state index contributed by atoms with van der Waals surface area (Å²) in [6.07, 6.45) is 4.29. The largest absolute Gasteiger partial charge is 0.373 e. The van der Waals surface area contributed by atoms with E-state index in [1.807, 2.05) is 31.2 Å². The van der Waals surface area contributed by atoms with Crippen molar-refractivity contribution in [3.8, 4) is 0 Å². The summed E-state index contributed by atoms with van der Waals surface area (Å²) in [5.74, 6) is -0.0113. The van der Waals surface area contributed by atoms with Crippen molar-refractivity contribution in [1.82, 2.24) is 4.98 Å². The Morgan fingerprint density at radius 1 is 1.29 bits per heavy atom. The first-order valence-electron chi connectivity index (χ1n) is 5.76. The summed E-state index contributed by atoms with van der Waals surface area (Å²) >= 11 is 0. The maximum Gasteiger partial charge on any atom is 0.190 e. The van der Waals surface area contributed by atoms with Crippen LogP contribution in [0.2, 0.25) is 0 Å². The molecular weight excluding hydrogens is 214 g/mol. The average Bonchev–Trinajstić information content (AvgIpc) is 2.38. The predicted molar refractivity (Wildman–Crippen MR) is 67.2 cm³/mol. The molecule has 17 heavy (non-hydrogen) atoms. The molecule has 0 aliphatic rings. The fourth-order valence-electron chi connectivity index (χ4n) is 1.73. The van der Waals surface area contributed by atoms with Gasteiger partial charge in [-0.05, 0) is 11.8 Å². The highest BCUT2D eigenvalue weighted by Crippen LogP contribution is 2.17. The van der Waals surface area contributed by atoms with E-state index in [0.29, 0.717) is 12.2 Å². The Morgan fingerprint density at radius 3 is 2.94 bits per heavy atom. The molecule has 1 heterocycles. The molecule has 1 aromatic heterocycles. The van der Waals surface area contributed by atoms with E-state index in [9.17, 15) is 4.79 Å². The third-order valence-electron chi connectivity index (χ3n) is 2.55. The van der Waals surface area contributed by atoms with Crippen molar-refractivity contribution in [1.29, 1.82) is 0 Å². The van der Waals surface area contributed by atoms with Gasteiger partial charge in [-0.15, -0.1) is 0 Å². The van der Waals surface area contributed by atoms with Gasteiger partial charge in [0.05, 0.1) is 0 Å². The second-order valence-corrected chi connectivity index (χ2v) is 3.88. The van der Waals surface area contributed by atoms with Gasteiger partial charge in [0, 0.05) is 30.0 Å². The molecule has 0 fully saturated rings. The second kappa shape index (κ2) is 5.55. The lowest BCUT2D eigenvalue weighted by Crippen LogP contribution is -2.10. The fourth-order valence-corrected chi connectivity index (χ4v) is 1.73. The molecule has 0 radical (unpaired) electrons. The lowest BCUT2D eigenvalue weighted by molar-refractivity contribution is 0.0762. The van der Waals surface area contributed by atoms with Crippen LogP contribution >= 0.6 is 0 Å². The van der Waals surface area contributed by atoms with Crippen molar-refractivity contribution in [2.75, 3.05) is 13.2 Å². The molecule has 0 spiro atoms. The number of ether oxygens (including phenoxy) is 1. The number of benzene rings is 1. The lowest BCUT2D eigenvalue weighted by Gasteiger charge is -2.05. The SMILES string of the molecule is CCCOCC(=O)c1cncc2ccccc12. The lowest BCUT2D eigenvalue weighted by atomic mass is 10.1. The van der Waals surface area contributed by atoms with Crippen LogP contribution in [0.1, 0.15) is 23.7 Å². The molecule has 0 saturated heterocycles. The van der Waals surface area contributed by atoms with Gasteiger partial charge in [-0.2, -0.15) is 0 Å². The predicted octanol–water partition coefficient (Wildman–Crippen LogP) is 2.84. The van der Waals surface area contributed by atoms with Crippen LogP contribution in [0.25, 0.3) is 10.8 Å². The van der Waals surface area contributed by atoms with E-state index in [4.69, 9.17) is 4.74 Å². The van der Waals surface area contributed by atoms with E-state index in [1.165, 1.54) is 0 Å². The van der Waals surface area contributed by atoms with E-state index in [2.05, 4.69) is 4.98 Å². The maximum atomic E-state index is 12.0. The highest BCUT2D eigenvalue weighted by molar-refractivity contribution is 6.08. The summed E-state index contributed by atoms with van der Waals surface area (Å²) < 4.78 is 5.27. The number of pyridine rings is 1. The Kier molecular flexibility index (Phi) is 3.83. The van der Waals surface area contributed by atoms with Crippen LogP contribution in [-0.4, -0.2) is 24.0 Å². The second-order valence-electron chi connectivity index (χ2n) is 3.88. The zero-order valence-electron chi connectivity index (χ0n) is 9.85. The monoisotopic (exact) mass is 229 g/mol. The van der Waals surface area contributed by atoms with Gasteiger partial charge in [-0.3, -0.25) is 9.78 Å². The third-order valence-corrected chi connectivity index (χ3v) is 2.55. The number of rotatable bonds is 5. The van der Waals surface area contributed by atoms with Crippen molar-refractivity contribution < 1.29 is 9.53 Å². The first kappa shape index (κ1) is 11.7. The Morgan fingerprint density at radius 2 is 2.12 bits per heavy atom. The smallest absolute Gasteiger partial charge is 0.190 e. The first-order valence-corrected chi connectivity index (χ1v) is 5.76. The topological polar surface area (TPSA) is 39.2 Å². The van der Waals surface area contributed by atoms with Crippen LogP contribution in [0.5, 0.6) is 0 Å². The van der Waals surface area contributed by atoms with Crippen molar-refractivity contribution in [3.63, 3.8) is 0 Å². The minimum absolute atomic E-state index is 0.0113. The minimum atomic E-state index is -0.0113. The highest BCUT2D eigenvalue weighted by atomic mass is 16.5. The Hall–Kier alpha value is -1.74. The molecule has 0 atom stereocenters. The Bertz CT molecular complexity index is 517. The number of carbonyl (C=O) groups excluding carboxylic acids is 1. The van der Waals surface area contributed by atoms with Gasteiger partial charge < -0.3 is 4.74 Å². The minimum Gasteiger partial charge on any atom is -0.373 e. The van der Waals surface area contributed by atoms with E-state index in [0.717, 1.165) is 17.2 Å². The molecule has 2 aromatic rings. The van der Waals surface area contributed by atoms with Crippen LogP contribution in [0.4, 0.5) is 0 Å². The van der Waals surface area contributed by atoms with Gasteiger partial charge in [-0.25, -0.2) is 0 Å². The summed E-state index contributed by atoms with van der Waals surface area (Å²) in [6, 6.07) is 7.74. The zero-order valence-corrected chi connectivity index (χ0v) is 9.85. The number of aromatic nitrogens is 1. The number of hydrogen-bond acceptors (Lipinski definition) is 3. The summed E-state index contributed by atoms with van der Waals surface area (Å²) in [7, 11) is 0. The quantitative estimate of drug-likeness (QED) is 0.584. The van der Waals surface area contributed by atoms with Gasteiger partial charge in [0.1, 0.15) is 6.61 Å². The first-order chi connectivity index (χ1) is 8.33. The van der Waals surface area contributed by atoms with E-state index in [-0.39, 0.29) is 12.4 Å². The van der Waals surface area contributed by atoms with Crippen LogP contribution in [0.3, 0.4) is 0 Å². The summed E-state index contributed by atoms with van der Waals surface area (Å²) in [5.41, 5.74) is 0.638. The van der Waals surface area contributed by atoms with Gasteiger partial charge in [0.15, 0.2) is 5.78 Å². The van der Waals surface area contributed by atoms with E-state index >= 15 is 0 Å². The number of nitrogens with zero attached hydrogens (tertiary/aromatic N) is 1. The molecule has 0 unspecified atom stereocenters. The molecule has 3 nitrogen and oxygen atoms in total. The molecule has 0 saturated carbocycles. The normalized spacial score (nSPS) is 10.6. The molecule has 2 rings (SSSR count). The molecule has 1 aromatic carbocycles. The molecule has 0 amide bonds. The molecule has 0 aliphatic carbocycles. The van der Waals surface area contributed by atoms with Crippen LogP contribution in [-0.2, 0) is 4.74 Å². The van der Waals surface area contributed by atoms with E-state index in [1.54, 1.807) is 12.4 Å². The van der Waals surface area contributed by atoms with Crippen molar-refractivity contribution in [2.45, 2.75) is 13.3 Å². The molecule has 88 valence electrons. The molecular formula is C14H15NO2. The third kappa shape index (κ3) is 2.68. The molecule has 0 aliphatic heterocycles. The standard InChI is InChI=1S/C14H15NO2/c1-2-7-17-10-14(16)13-9-15-8-11-5-3-4-6-12(11)13/h3-6,8-9H,2,7,10H2,1H3. The molecule has 3 heteroatoms.